The van der Waals surface area contributed by atoms with E-state index in [1.54, 1.807) is 0 Å². The minimum atomic E-state index is 0.487. The number of nitrogens with zero attached hydrogens (tertiary/aromatic N) is 1. The normalized spacial score (nSPS) is 20.8. The molecule has 1 aliphatic heterocycles. The van der Waals surface area contributed by atoms with Crippen molar-refractivity contribution >= 4 is 5.69 Å². The van der Waals surface area contributed by atoms with Crippen molar-refractivity contribution in [1.82, 2.24) is 5.32 Å². The first-order valence-electron chi connectivity index (χ1n) is 7.80. The van der Waals surface area contributed by atoms with Crippen LogP contribution in [0.15, 0.2) is 24.3 Å². The van der Waals surface area contributed by atoms with Crippen molar-refractivity contribution < 1.29 is 0 Å². The quantitative estimate of drug-likeness (QED) is 0.832. The monoisotopic (exact) mass is 260 g/mol. The number of nitrogens with one attached hydrogen (secondary N) is 1. The van der Waals surface area contributed by atoms with Crippen molar-refractivity contribution in [3.63, 3.8) is 0 Å². The molecule has 1 heterocycles. The Balaban J connectivity index is 1.99. The van der Waals surface area contributed by atoms with E-state index in [0.717, 1.165) is 12.3 Å². The van der Waals surface area contributed by atoms with Crippen LogP contribution in [0, 0.1) is 5.92 Å². The molecule has 0 aliphatic carbocycles. The second-order valence-corrected chi connectivity index (χ2v) is 5.73. The van der Waals surface area contributed by atoms with Gasteiger partial charge in [-0.05, 0) is 49.9 Å². The zero-order valence-corrected chi connectivity index (χ0v) is 12.7. The van der Waals surface area contributed by atoms with Gasteiger partial charge in [0.25, 0.3) is 0 Å². The lowest BCUT2D eigenvalue weighted by molar-refractivity contribution is 0.530. The molecule has 2 nitrogen and oxygen atoms in total. The highest BCUT2D eigenvalue weighted by atomic mass is 15.1. The molecular formula is C17H28N2. The Morgan fingerprint density at radius 1 is 1.26 bits per heavy atom. The largest absolute Gasteiger partial charge is 0.371 e. The van der Waals surface area contributed by atoms with Gasteiger partial charge in [0.2, 0.25) is 0 Å². The Morgan fingerprint density at radius 3 is 2.58 bits per heavy atom. The summed E-state index contributed by atoms with van der Waals surface area (Å²) >= 11 is 0. The summed E-state index contributed by atoms with van der Waals surface area (Å²) in [7, 11) is 2.04. The van der Waals surface area contributed by atoms with Gasteiger partial charge < -0.3 is 10.2 Å². The van der Waals surface area contributed by atoms with E-state index in [1.165, 1.54) is 43.6 Å². The first-order valence-corrected chi connectivity index (χ1v) is 7.80. The van der Waals surface area contributed by atoms with Gasteiger partial charge in [0.1, 0.15) is 0 Å². The maximum absolute atomic E-state index is 3.37. The zero-order valence-electron chi connectivity index (χ0n) is 12.7. The molecule has 2 rings (SSSR count). The molecule has 106 valence electrons. The number of hydrogen-bond acceptors (Lipinski definition) is 2. The van der Waals surface area contributed by atoms with Crippen molar-refractivity contribution in [2.45, 2.75) is 45.6 Å². The van der Waals surface area contributed by atoms with E-state index in [2.05, 4.69) is 48.3 Å². The summed E-state index contributed by atoms with van der Waals surface area (Å²) in [5.41, 5.74) is 2.80. The summed E-state index contributed by atoms with van der Waals surface area (Å²) in [5, 5.41) is 3.37. The number of hydrogen-bond donors (Lipinski definition) is 1. The molecule has 1 aliphatic rings. The Kier molecular flexibility index (Phi) is 5.26. The van der Waals surface area contributed by atoms with E-state index in [0.29, 0.717) is 6.04 Å². The van der Waals surface area contributed by atoms with Crippen LogP contribution in [0.25, 0.3) is 0 Å². The molecule has 1 saturated heterocycles. The van der Waals surface area contributed by atoms with Gasteiger partial charge in [-0.25, -0.2) is 0 Å². The second-order valence-electron chi connectivity index (χ2n) is 5.73. The molecule has 1 fully saturated rings. The third kappa shape index (κ3) is 3.50. The molecule has 1 N–H and O–H groups in total. The summed E-state index contributed by atoms with van der Waals surface area (Å²) in [6.45, 7) is 6.99. The van der Waals surface area contributed by atoms with Crippen LogP contribution in [0.4, 0.5) is 5.69 Å². The van der Waals surface area contributed by atoms with E-state index in [1.807, 2.05) is 7.05 Å². The van der Waals surface area contributed by atoms with Crippen LogP contribution in [0.3, 0.4) is 0 Å². The average Bonchev–Trinajstić information content (AvgIpc) is 2.90. The molecule has 0 bridgehead atoms. The molecule has 19 heavy (non-hydrogen) atoms. The van der Waals surface area contributed by atoms with E-state index in [-0.39, 0.29) is 0 Å². The van der Waals surface area contributed by atoms with Crippen LogP contribution in [0.1, 0.15) is 51.1 Å². The standard InChI is InChI=1S/C17H28N2/c1-4-6-14-11-12-19(13-14)16-9-7-15(8-10-16)17(5-2)18-3/h7-10,14,17-18H,4-6,11-13H2,1-3H3. The Labute approximate surface area is 118 Å². The molecular weight excluding hydrogens is 232 g/mol. The lowest BCUT2D eigenvalue weighted by Gasteiger charge is -2.20. The van der Waals surface area contributed by atoms with Crippen molar-refractivity contribution in [1.29, 1.82) is 0 Å². The van der Waals surface area contributed by atoms with Crippen molar-refractivity contribution in [3.8, 4) is 0 Å². The van der Waals surface area contributed by atoms with Crippen molar-refractivity contribution in [2.24, 2.45) is 5.92 Å². The molecule has 2 heteroatoms. The van der Waals surface area contributed by atoms with Crippen LogP contribution in [0.5, 0.6) is 0 Å². The molecule has 0 aromatic heterocycles. The van der Waals surface area contributed by atoms with Gasteiger partial charge in [-0.2, -0.15) is 0 Å². The molecule has 0 saturated carbocycles. The summed E-state index contributed by atoms with van der Waals surface area (Å²) in [4.78, 5) is 2.55. The Bertz CT molecular complexity index is 367. The van der Waals surface area contributed by atoms with Crippen LogP contribution in [0.2, 0.25) is 0 Å². The lowest BCUT2D eigenvalue weighted by atomic mass is 10.0. The van der Waals surface area contributed by atoms with Crippen LogP contribution in [-0.4, -0.2) is 20.1 Å². The van der Waals surface area contributed by atoms with E-state index >= 15 is 0 Å². The van der Waals surface area contributed by atoms with E-state index in [4.69, 9.17) is 0 Å². The molecule has 1 aromatic carbocycles. The highest BCUT2D eigenvalue weighted by Crippen LogP contribution is 2.27. The van der Waals surface area contributed by atoms with Crippen molar-refractivity contribution in [3.05, 3.63) is 29.8 Å². The fraction of sp³-hybridized carbons (Fsp3) is 0.647. The van der Waals surface area contributed by atoms with Crippen LogP contribution >= 0.6 is 0 Å². The average molecular weight is 260 g/mol. The molecule has 0 spiro atoms. The first kappa shape index (κ1) is 14.4. The van der Waals surface area contributed by atoms with Gasteiger partial charge in [0.15, 0.2) is 0 Å². The fourth-order valence-electron chi connectivity index (χ4n) is 3.23. The van der Waals surface area contributed by atoms with Gasteiger partial charge in [-0.1, -0.05) is 32.4 Å². The topological polar surface area (TPSA) is 15.3 Å². The van der Waals surface area contributed by atoms with Crippen molar-refractivity contribution in [2.75, 3.05) is 25.0 Å². The van der Waals surface area contributed by atoms with Gasteiger partial charge in [0.05, 0.1) is 0 Å². The number of anilines is 1. The van der Waals surface area contributed by atoms with Gasteiger partial charge in [0, 0.05) is 24.8 Å². The summed E-state index contributed by atoms with van der Waals surface area (Å²) in [6.07, 6.45) is 5.20. The number of rotatable bonds is 6. The van der Waals surface area contributed by atoms with Gasteiger partial charge >= 0.3 is 0 Å². The van der Waals surface area contributed by atoms with E-state index in [9.17, 15) is 0 Å². The smallest absolute Gasteiger partial charge is 0.0366 e. The maximum atomic E-state index is 3.37. The first-order chi connectivity index (χ1) is 9.28. The summed E-state index contributed by atoms with van der Waals surface area (Å²) in [5.74, 6) is 0.908. The van der Waals surface area contributed by atoms with E-state index < -0.39 is 0 Å². The van der Waals surface area contributed by atoms with Gasteiger partial charge in [-0.3, -0.25) is 0 Å². The predicted octanol–water partition coefficient (Wildman–Crippen LogP) is 3.98. The zero-order chi connectivity index (χ0) is 13.7. The summed E-state index contributed by atoms with van der Waals surface area (Å²) in [6, 6.07) is 9.65. The molecule has 0 radical (unpaired) electrons. The SMILES string of the molecule is CCCC1CCN(c2ccc(C(CC)NC)cc2)C1. The third-order valence-corrected chi connectivity index (χ3v) is 4.40. The highest BCUT2D eigenvalue weighted by molar-refractivity contribution is 5.49. The van der Waals surface area contributed by atoms with Crippen LogP contribution < -0.4 is 10.2 Å². The van der Waals surface area contributed by atoms with Crippen LogP contribution in [-0.2, 0) is 0 Å². The maximum Gasteiger partial charge on any atom is 0.0366 e. The number of benzene rings is 1. The third-order valence-electron chi connectivity index (χ3n) is 4.40. The molecule has 2 unspecified atom stereocenters. The minimum absolute atomic E-state index is 0.487. The highest BCUT2D eigenvalue weighted by Gasteiger charge is 2.21. The predicted molar refractivity (Wildman–Crippen MR) is 83.8 cm³/mol. The summed E-state index contributed by atoms with van der Waals surface area (Å²) < 4.78 is 0. The Hall–Kier alpha value is -1.02. The molecule has 0 amide bonds. The second kappa shape index (κ2) is 6.95. The molecule has 2 atom stereocenters. The Morgan fingerprint density at radius 2 is 2.00 bits per heavy atom. The van der Waals surface area contributed by atoms with Gasteiger partial charge in [-0.15, -0.1) is 0 Å². The fourth-order valence-corrected chi connectivity index (χ4v) is 3.23. The molecule has 1 aromatic rings. The lowest BCUT2D eigenvalue weighted by Crippen LogP contribution is -2.20. The minimum Gasteiger partial charge on any atom is -0.371 e.